The van der Waals surface area contributed by atoms with Crippen LogP contribution in [-0.2, 0) is 16.0 Å². The second kappa shape index (κ2) is 8.94. The average molecular weight is 456 g/mol. The number of nitrogens with one attached hydrogen (secondary N) is 1. The Bertz CT molecular complexity index is 1370. The molecule has 7 heteroatoms. The lowest BCUT2D eigenvalue weighted by molar-refractivity contribution is -0.140. The standard InChI is InChI=1S/C27H24N2O5/c1-2-33-19-11-9-17(10-12-19)25(30)23-24(22-8-5-15-34-22)29(27(32)26(23)31)14-13-18-16-28-21-7-4-3-6-20(18)21/h3-12,15-16,24,28,30H,2,13-14H2,1H3/t24-/m1/s1. The van der Waals surface area contributed by atoms with Crippen molar-refractivity contribution in [2.45, 2.75) is 19.4 Å². The van der Waals surface area contributed by atoms with E-state index < -0.39 is 17.7 Å². The number of aliphatic hydroxyl groups excluding tert-OH is 1. The van der Waals surface area contributed by atoms with Gasteiger partial charge in [0.25, 0.3) is 11.7 Å². The van der Waals surface area contributed by atoms with Crippen LogP contribution in [0, 0.1) is 0 Å². The molecule has 1 amide bonds. The van der Waals surface area contributed by atoms with E-state index in [1.807, 2.05) is 37.4 Å². The van der Waals surface area contributed by atoms with E-state index in [1.54, 1.807) is 36.4 Å². The molecule has 172 valence electrons. The number of H-pyrrole nitrogens is 1. The molecule has 1 atom stereocenters. The van der Waals surface area contributed by atoms with Crippen LogP contribution in [0.3, 0.4) is 0 Å². The van der Waals surface area contributed by atoms with Gasteiger partial charge in [-0.2, -0.15) is 0 Å². The molecule has 1 fully saturated rings. The number of rotatable bonds is 7. The van der Waals surface area contributed by atoms with Crippen molar-refractivity contribution in [3.8, 4) is 5.75 Å². The average Bonchev–Trinajstić information content (AvgIpc) is 3.58. The maximum atomic E-state index is 13.1. The molecule has 0 spiro atoms. The van der Waals surface area contributed by atoms with Crippen LogP contribution < -0.4 is 4.74 Å². The fraction of sp³-hybridized carbons (Fsp3) is 0.185. The molecule has 4 aromatic rings. The summed E-state index contributed by atoms with van der Waals surface area (Å²) in [5.41, 5.74) is 2.50. The monoisotopic (exact) mass is 456 g/mol. The van der Waals surface area contributed by atoms with E-state index in [-0.39, 0.29) is 17.9 Å². The molecule has 0 saturated carbocycles. The van der Waals surface area contributed by atoms with Crippen molar-refractivity contribution < 1.29 is 23.8 Å². The van der Waals surface area contributed by atoms with Gasteiger partial charge in [0.2, 0.25) is 0 Å². The van der Waals surface area contributed by atoms with E-state index in [4.69, 9.17) is 9.15 Å². The van der Waals surface area contributed by atoms with Crippen molar-refractivity contribution >= 4 is 28.4 Å². The summed E-state index contributed by atoms with van der Waals surface area (Å²) in [6.45, 7) is 2.69. The van der Waals surface area contributed by atoms with Crippen molar-refractivity contribution in [3.63, 3.8) is 0 Å². The van der Waals surface area contributed by atoms with Gasteiger partial charge in [-0.05, 0) is 61.4 Å². The van der Waals surface area contributed by atoms with Gasteiger partial charge in [-0.15, -0.1) is 0 Å². The largest absolute Gasteiger partial charge is 0.507 e. The first-order chi connectivity index (χ1) is 16.6. The molecule has 2 aromatic carbocycles. The number of carbonyl (C=O) groups is 2. The molecular weight excluding hydrogens is 432 g/mol. The maximum absolute atomic E-state index is 13.1. The van der Waals surface area contributed by atoms with E-state index in [2.05, 4.69) is 4.98 Å². The number of ketones is 1. The summed E-state index contributed by atoms with van der Waals surface area (Å²) >= 11 is 0. The summed E-state index contributed by atoms with van der Waals surface area (Å²) in [4.78, 5) is 30.9. The highest BCUT2D eigenvalue weighted by Gasteiger charge is 2.47. The first kappa shape index (κ1) is 21.6. The fourth-order valence-corrected chi connectivity index (χ4v) is 4.46. The van der Waals surface area contributed by atoms with Gasteiger partial charge in [-0.25, -0.2) is 0 Å². The Kier molecular flexibility index (Phi) is 5.67. The molecule has 1 saturated heterocycles. The normalized spacial score (nSPS) is 17.6. The van der Waals surface area contributed by atoms with E-state index in [0.29, 0.717) is 30.1 Å². The summed E-state index contributed by atoms with van der Waals surface area (Å²) < 4.78 is 11.1. The number of fused-ring (bicyclic) bond motifs is 1. The second-order valence-electron chi connectivity index (χ2n) is 8.07. The number of aliphatic hydroxyl groups is 1. The lowest BCUT2D eigenvalue weighted by Crippen LogP contribution is -2.31. The third-order valence-corrected chi connectivity index (χ3v) is 6.09. The molecule has 0 unspecified atom stereocenters. The minimum absolute atomic E-state index is 0.0167. The molecule has 7 nitrogen and oxygen atoms in total. The minimum Gasteiger partial charge on any atom is -0.507 e. The number of para-hydroxylation sites is 1. The van der Waals surface area contributed by atoms with E-state index in [9.17, 15) is 14.7 Å². The van der Waals surface area contributed by atoms with Crippen LogP contribution in [0.5, 0.6) is 5.75 Å². The van der Waals surface area contributed by atoms with Crippen LogP contribution in [0.1, 0.15) is 29.9 Å². The maximum Gasteiger partial charge on any atom is 0.295 e. The molecule has 0 aliphatic carbocycles. The predicted octanol–water partition coefficient (Wildman–Crippen LogP) is 4.82. The van der Waals surface area contributed by atoms with Crippen molar-refractivity contribution in [3.05, 3.63) is 95.6 Å². The quantitative estimate of drug-likeness (QED) is 0.236. The number of likely N-dealkylation sites (tertiary alicyclic amines) is 1. The van der Waals surface area contributed by atoms with Crippen molar-refractivity contribution in [1.29, 1.82) is 0 Å². The number of hydrogen-bond acceptors (Lipinski definition) is 5. The van der Waals surface area contributed by atoms with Crippen molar-refractivity contribution in [2.24, 2.45) is 0 Å². The predicted molar refractivity (Wildman–Crippen MR) is 127 cm³/mol. The molecule has 34 heavy (non-hydrogen) atoms. The van der Waals surface area contributed by atoms with Crippen LogP contribution in [0.25, 0.3) is 16.7 Å². The number of hydrogen-bond donors (Lipinski definition) is 2. The highest BCUT2D eigenvalue weighted by atomic mass is 16.5. The third kappa shape index (κ3) is 3.75. The Morgan fingerprint density at radius 3 is 2.62 bits per heavy atom. The van der Waals surface area contributed by atoms with E-state index in [0.717, 1.165) is 16.5 Å². The third-order valence-electron chi connectivity index (χ3n) is 6.09. The van der Waals surface area contributed by atoms with Crippen LogP contribution >= 0.6 is 0 Å². The van der Waals surface area contributed by atoms with Gasteiger partial charge >= 0.3 is 0 Å². The Morgan fingerprint density at radius 1 is 1.09 bits per heavy atom. The second-order valence-corrected chi connectivity index (χ2v) is 8.07. The van der Waals surface area contributed by atoms with Gasteiger partial charge in [0, 0.05) is 29.2 Å². The van der Waals surface area contributed by atoms with Crippen molar-refractivity contribution in [2.75, 3.05) is 13.2 Å². The van der Waals surface area contributed by atoms with Crippen molar-refractivity contribution in [1.82, 2.24) is 9.88 Å². The molecule has 0 bridgehead atoms. The summed E-state index contributed by atoms with van der Waals surface area (Å²) in [7, 11) is 0. The van der Waals surface area contributed by atoms with Crippen LogP contribution in [0.2, 0.25) is 0 Å². The summed E-state index contributed by atoms with van der Waals surface area (Å²) in [6, 6.07) is 17.3. The molecule has 2 aromatic heterocycles. The molecule has 0 radical (unpaired) electrons. The zero-order valence-corrected chi connectivity index (χ0v) is 18.7. The summed E-state index contributed by atoms with van der Waals surface area (Å²) in [6.07, 6.45) is 3.95. The van der Waals surface area contributed by atoms with Gasteiger partial charge in [0.15, 0.2) is 0 Å². The highest BCUT2D eigenvalue weighted by molar-refractivity contribution is 6.46. The number of furan rings is 1. The summed E-state index contributed by atoms with van der Waals surface area (Å²) in [5, 5.41) is 12.2. The molecule has 1 aliphatic rings. The number of Topliss-reactive ketones (excluding diaryl/α,β-unsaturated/α-hetero) is 1. The Morgan fingerprint density at radius 2 is 1.88 bits per heavy atom. The molecular formula is C27H24N2O5. The number of aromatic amines is 1. The topological polar surface area (TPSA) is 95.8 Å². The van der Waals surface area contributed by atoms with Gasteiger partial charge in [-0.3, -0.25) is 9.59 Å². The Hall–Kier alpha value is -4.26. The zero-order valence-electron chi connectivity index (χ0n) is 18.7. The summed E-state index contributed by atoms with van der Waals surface area (Å²) in [5.74, 6) is -0.552. The Balaban J connectivity index is 1.50. The number of benzene rings is 2. The van der Waals surface area contributed by atoms with E-state index >= 15 is 0 Å². The first-order valence-corrected chi connectivity index (χ1v) is 11.2. The Labute approximate surface area is 196 Å². The number of ether oxygens (including phenoxy) is 1. The first-order valence-electron chi connectivity index (χ1n) is 11.2. The number of aromatic nitrogens is 1. The number of nitrogens with zero attached hydrogens (tertiary/aromatic N) is 1. The molecule has 2 N–H and O–H groups in total. The van der Waals surface area contributed by atoms with Gasteiger partial charge in [-0.1, -0.05) is 18.2 Å². The lowest BCUT2D eigenvalue weighted by atomic mass is 9.99. The van der Waals surface area contributed by atoms with E-state index in [1.165, 1.54) is 11.2 Å². The zero-order chi connectivity index (χ0) is 23.7. The van der Waals surface area contributed by atoms with Crippen LogP contribution in [0.15, 0.2) is 83.1 Å². The SMILES string of the molecule is CCOc1ccc(C(O)=C2C(=O)C(=O)N(CCc3c[nH]c4ccccc34)[C@@H]2c2ccco2)cc1. The lowest BCUT2D eigenvalue weighted by Gasteiger charge is -2.23. The van der Waals surface area contributed by atoms with Gasteiger partial charge < -0.3 is 24.1 Å². The van der Waals surface area contributed by atoms with Crippen LogP contribution in [0.4, 0.5) is 0 Å². The minimum atomic E-state index is -0.813. The molecule has 1 aliphatic heterocycles. The number of amides is 1. The molecule has 3 heterocycles. The van der Waals surface area contributed by atoms with Gasteiger partial charge in [0.1, 0.15) is 23.3 Å². The number of carbonyl (C=O) groups excluding carboxylic acids is 2. The highest BCUT2D eigenvalue weighted by Crippen LogP contribution is 2.40. The molecule has 5 rings (SSSR count). The van der Waals surface area contributed by atoms with Gasteiger partial charge in [0.05, 0.1) is 18.4 Å². The van der Waals surface area contributed by atoms with Crippen LogP contribution in [-0.4, -0.2) is 39.8 Å². The smallest absolute Gasteiger partial charge is 0.295 e. The fourth-order valence-electron chi connectivity index (χ4n) is 4.46.